The first-order chi connectivity index (χ1) is 9.29. The van der Waals surface area contributed by atoms with Gasteiger partial charge in [0.1, 0.15) is 0 Å². The predicted octanol–water partition coefficient (Wildman–Crippen LogP) is 2.67. The summed E-state index contributed by atoms with van der Waals surface area (Å²) in [5.74, 6) is 0. The highest BCUT2D eigenvalue weighted by Crippen LogP contribution is 2.19. The highest BCUT2D eigenvalue weighted by molar-refractivity contribution is 5.46. The van der Waals surface area contributed by atoms with Gasteiger partial charge in [-0.2, -0.15) is 0 Å². The largest absolute Gasteiger partial charge is 0.385 e. The monoisotopic (exact) mass is 262 g/mol. The Hall–Kier alpha value is -1.06. The van der Waals surface area contributed by atoms with E-state index in [9.17, 15) is 0 Å². The molecule has 1 aromatic carbocycles. The number of para-hydroxylation sites is 1. The molecule has 1 aliphatic rings. The summed E-state index contributed by atoms with van der Waals surface area (Å²) in [4.78, 5) is 2.48. The van der Waals surface area contributed by atoms with E-state index in [1.54, 1.807) is 7.11 Å². The van der Waals surface area contributed by atoms with Crippen molar-refractivity contribution in [2.75, 3.05) is 31.7 Å². The Bertz CT molecular complexity index is 347. The van der Waals surface area contributed by atoms with Crippen LogP contribution in [0.1, 0.15) is 26.2 Å². The van der Waals surface area contributed by atoms with Gasteiger partial charge in [-0.15, -0.1) is 0 Å². The second-order valence-corrected chi connectivity index (χ2v) is 5.45. The first kappa shape index (κ1) is 14.4. The van der Waals surface area contributed by atoms with E-state index in [1.165, 1.54) is 18.5 Å². The van der Waals surface area contributed by atoms with Crippen molar-refractivity contribution >= 4 is 5.69 Å². The van der Waals surface area contributed by atoms with Gasteiger partial charge in [-0.3, -0.25) is 0 Å². The Kier molecular flexibility index (Phi) is 5.67. The topological polar surface area (TPSA) is 24.5 Å². The van der Waals surface area contributed by atoms with Crippen LogP contribution in [0.25, 0.3) is 0 Å². The molecule has 0 radical (unpaired) electrons. The number of hydrogen-bond acceptors (Lipinski definition) is 3. The molecule has 1 aliphatic heterocycles. The van der Waals surface area contributed by atoms with Crippen molar-refractivity contribution in [1.29, 1.82) is 0 Å². The molecule has 0 spiro atoms. The summed E-state index contributed by atoms with van der Waals surface area (Å²) in [5, 5.41) is 3.72. The van der Waals surface area contributed by atoms with Crippen LogP contribution in [0, 0.1) is 0 Å². The number of benzene rings is 1. The zero-order valence-corrected chi connectivity index (χ0v) is 12.1. The summed E-state index contributed by atoms with van der Waals surface area (Å²) in [7, 11) is 1.77. The molecule has 1 aromatic rings. The summed E-state index contributed by atoms with van der Waals surface area (Å²) >= 11 is 0. The van der Waals surface area contributed by atoms with Crippen LogP contribution in [-0.2, 0) is 4.74 Å². The van der Waals surface area contributed by atoms with Gasteiger partial charge in [-0.25, -0.2) is 0 Å². The minimum atomic E-state index is 0.549. The first-order valence-corrected chi connectivity index (χ1v) is 7.34. The second-order valence-electron chi connectivity index (χ2n) is 5.45. The molecule has 106 valence electrons. The summed E-state index contributed by atoms with van der Waals surface area (Å²) in [5.41, 5.74) is 1.35. The lowest BCUT2D eigenvalue weighted by molar-refractivity contribution is 0.181. The van der Waals surface area contributed by atoms with Crippen LogP contribution in [0.3, 0.4) is 0 Å². The molecule has 1 saturated heterocycles. The number of hydrogen-bond donors (Lipinski definition) is 1. The minimum Gasteiger partial charge on any atom is -0.385 e. The zero-order chi connectivity index (χ0) is 13.5. The average molecular weight is 262 g/mol. The van der Waals surface area contributed by atoms with Crippen molar-refractivity contribution in [1.82, 2.24) is 5.32 Å². The molecule has 0 aliphatic carbocycles. The van der Waals surface area contributed by atoms with Crippen molar-refractivity contribution in [3.05, 3.63) is 30.3 Å². The molecule has 1 N–H and O–H groups in total. The molecule has 1 fully saturated rings. The number of anilines is 1. The summed E-state index contributed by atoms with van der Waals surface area (Å²) in [6, 6.07) is 11.9. The van der Waals surface area contributed by atoms with Crippen LogP contribution < -0.4 is 10.2 Å². The Morgan fingerprint density at radius 3 is 2.58 bits per heavy atom. The van der Waals surface area contributed by atoms with Crippen LogP contribution in [0.15, 0.2) is 30.3 Å². The zero-order valence-electron chi connectivity index (χ0n) is 12.1. The van der Waals surface area contributed by atoms with Gasteiger partial charge < -0.3 is 15.0 Å². The number of ether oxygens (including phenoxy) is 1. The van der Waals surface area contributed by atoms with Crippen LogP contribution in [0.5, 0.6) is 0 Å². The predicted molar refractivity (Wildman–Crippen MR) is 80.8 cm³/mol. The van der Waals surface area contributed by atoms with Gasteiger partial charge >= 0.3 is 0 Å². The Morgan fingerprint density at radius 1 is 1.26 bits per heavy atom. The van der Waals surface area contributed by atoms with E-state index >= 15 is 0 Å². The fraction of sp³-hybridized carbons (Fsp3) is 0.625. The molecule has 3 heteroatoms. The molecule has 19 heavy (non-hydrogen) atoms. The average Bonchev–Trinajstić information content (AvgIpc) is 2.47. The van der Waals surface area contributed by atoms with E-state index < -0.39 is 0 Å². The summed E-state index contributed by atoms with van der Waals surface area (Å²) in [6.45, 7) is 5.40. The molecule has 0 bridgehead atoms. The van der Waals surface area contributed by atoms with Crippen LogP contribution in [0.4, 0.5) is 5.69 Å². The number of nitrogens with zero attached hydrogens (tertiary/aromatic N) is 1. The smallest absolute Gasteiger partial charge is 0.0476 e. The molecule has 2 rings (SSSR count). The molecular weight excluding hydrogens is 236 g/mol. The van der Waals surface area contributed by atoms with Gasteiger partial charge in [0.05, 0.1) is 0 Å². The SMILES string of the molecule is COCCC(C)NC1CCN(c2ccccc2)CC1. The molecule has 3 nitrogen and oxygen atoms in total. The van der Waals surface area contributed by atoms with Gasteiger partial charge in [0, 0.05) is 44.6 Å². The third kappa shape index (κ3) is 4.51. The van der Waals surface area contributed by atoms with E-state index in [-0.39, 0.29) is 0 Å². The van der Waals surface area contributed by atoms with Crippen LogP contribution in [-0.4, -0.2) is 38.9 Å². The lowest BCUT2D eigenvalue weighted by atomic mass is 10.0. The van der Waals surface area contributed by atoms with E-state index in [1.807, 2.05) is 0 Å². The van der Waals surface area contributed by atoms with Gasteiger partial charge in [-0.05, 0) is 38.3 Å². The molecule has 1 atom stereocenters. The third-order valence-electron chi connectivity index (χ3n) is 3.89. The van der Waals surface area contributed by atoms with Gasteiger partial charge in [-0.1, -0.05) is 18.2 Å². The van der Waals surface area contributed by atoms with Crippen molar-refractivity contribution in [3.8, 4) is 0 Å². The highest BCUT2D eigenvalue weighted by atomic mass is 16.5. The standard InChI is InChI=1S/C16H26N2O/c1-14(10-13-19-2)17-15-8-11-18(12-9-15)16-6-4-3-5-7-16/h3-7,14-15,17H,8-13H2,1-2H3. The molecular formula is C16H26N2O. The lowest BCUT2D eigenvalue weighted by Crippen LogP contribution is -2.45. The maximum absolute atomic E-state index is 5.13. The Balaban J connectivity index is 1.73. The molecule has 1 unspecified atom stereocenters. The van der Waals surface area contributed by atoms with E-state index in [0.29, 0.717) is 12.1 Å². The van der Waals surface area contributed by atoms with Gasteiger partial charge in [0.25, 0.3) is 0 Å². The molecule has 0 saturated carbocycles. The maximum Gasteiger partial charge on any atom is 0.0476 e. The lowest BCUT2D eigenvalue weighted by Gasteiger charge is -2.35. The Labute approximate surface area is 116 Å². The number of nitrogens with one attached hydrogen (secondary N) is 1. The third-order valence-corrected chi connectivity index (χ3v) is 3.89. The minimum absolute atomic E-state index is 0.549. The van der Waals surface area contributed by atoms with Crippen molar-refractivity contribution in [3.63, 3.8) is 0 Å². The number of rotatable bonds is 6. The van der Waals surface area contributed by atoms with Crippen molar-refractivity contribution in [2.24, 2.45) is 0 Å². The quantitative estimate of drug-likeness (QED) is 0.853. The van der Waals surface area contributed by atoms with Gasteiger partial charge in [0.15, 0.2) is 0 Å². The number of piperidine rings is 1. The Morgan fingerprint density at radius 2 is 1.95 bits per heavy atom. The fourth-order valence-electron chi connectivity index (χ4n) is 2.72. The van der Waals surface area contributed by atoms with Gasteiger partial charge in [0.2, 0.25) is 0 Å². The molecule has 0 aromatic heterocycles. The van der Waals surface area contributed by atoms with Crippen LogP contribution >= 0.6 is 0 Å². The second kappa shape index (κ2) is 7.51. The maximum atomic E-state index is 5.13. The number of methoxy groups -OCH3 is 1. The highest BCUT2D eigenvalue weighted by Gasteiger charge is 2.20. The van der Waals surface area contributed by atoms with Crippen molar-refractivity contribution < 1.29 is 4.74 Å². The summed E-state index contributed by atoms with van der Waals surface area (Å²) < 4.78 is 5.13. The molecule has 1 heterocycles. The van der Waals surface area contributed by atoms with Crippen LogP contribution in [0.2, 0.25) is 0 Å². The summed E-state index contributed by atoms with van der Waals surface area (Å²) in [6.07, 6.45) is 3.55. The fourth-order valence-corrected chi connectivity index (χ4v) is 2.72. The van der Waals surface area contributed by atoms with Crippen molar-refractivity contribution in [2.45, 2.75) is 38.3 Å². The van der Waals surface area contributed by atoms with E-state index in [4.69, 9.17) is 4.74 Å². The van der Waals surface area contributed by atoms with E-state index in [2.05, 4.69) is 47.5 Å². The normalized spacial score (nSPS) is 18.5. The van der Waals surface area contributed by atoms with E-state index in [0.717, 1.165) is 26.1 Å². The molecule has 0 amide bonds. The first-order valence-electron chi connectivity index (χ1n) is 7.34.